The van der Waals surface area contributed by atoms with Crippen LogP contribution in [-0.2, 0) is 9.53 Å². The number of ether oxygens (including phenoxy) is 1. The van der Waals surface area contributed by atoms with E-state index in [-0.39, 0.29) is 5.91 Å². The number of nitrogens with zero attached hydrogens (tertiary/aromatic N) is 1. The largest absolute Gasteiger partial charge is 0.382 e. The third-order valence-corrected chi connectivity index (χ3v) is 1.55. The van der Waals surface area contributed by atoms with E-state index < -0.39 is 11.5 Å². The van der Waals surface area contributed by atoms with E-state index in [1.165, 1.54) is 0 Å². The van der Waals surface area contributed by atoms with Gasteiger partial charge in [0.15, 0.2) is 0 Å². The van der Waals surface area contributed by atoms with Crippen LogP contribution < -0.4 is 5.32 Å². The van der Waals surface area contributed by atoms with E-state index >= 15 is 0 Å². The highest BCUT2D eigenvalue weighted by Crippen LogP contribution is 2.04. The number of hydrogen-bond donors (Lipinski definition) is 1. The monoisotopic (exact) mass is 184 g/mol. The lowest BCUT2D eigenvalue weighted by atomic mass is 10.1. The number of hydrogen-bond acceptors (Lipinski definition) is 3. The van der Waals surface area contributed by atoms with Gasteiger partial charge in [-0.3, -0.25) is 4.79 Å². The first-order valence-corrected chi connectivity index (χ1v) is 4.13. The predicted molar refractivity (Wildman–Crippen MR) is 48.9 cm³/mol. The van der Waals surface area contributed by atoms with Crippen molar-refractivity contribution in [2.24, 2.45) is 5.92 Å². The van der Waals surface area contributed by atoms with Crippen LogP contribution in [-0.4, -0.2) is 25.2 Å². The summed E-state index contributed by atoms with van der Waals surface area (Å²) in [5.41, 5.74) is -0.420. The second-order valence-corrected chi connectivity index (χ2v) is 3.66. The minimum Gasteiger partial charge on any atom is -0.382 e. The maximum absolute atomic E-state index is 11.3. The van der Waals surface area contributed by atoms with E-state index in [1.54, 1.807) is 14.0 Å². The van der Waals surface area contributed by atoms with Crippen molar-refractivity contribution in [3.8, 4) is 6.07 Å². The van der Waals surface area contributed by atoms with Crippen LogP contribution in [0.15, 0.2) is 0 Å². The molecule has 1 N–H and O–H groups in total. The quantitative estimate of drug-likeness (QED) is 0.699. The summed E-state index contributed by atoms with van der Waals surface area (Å²) in [7, 11) is 1.57. The van der Waals surface area contributed by atoms with Gasteiger partial charge >= 0.3 is 0 Å². The zero-order valence-electron chi connectivity index (χ0n) is 8.55. The molecule has 0 aromatic heterocycles. The Labute approximate surface area is 78.9 Å². The van der Waals surface area contributed by atoms with Crippen LogP contribution in [0.3, 0.4) is 0 Å². The van der Waals surface area contributed by atoms with Crippen LogP contribution in [0.25, 0.3) is 0 Å². The van der Waals surface area contributed by atoms with Gasteiger partial charge in [-0.25, -0.2) is 0 Å². The summed E-state index contributed by atoms with van der Waals surface area (Å²) in [4.78, 5) is 11.3. The maximum atomic E-state index is 11.3. The van der Waals surface area contributed by atoms with Crippen molar-refractivity contribution in [3.05, 3.63) is 0 Å². The number of amides is 1. The minimum atomic E-state index is -0.615. The second kappa shape index (κ2) is 4.83. The van der Waals surface area contributed by atoms with Gasteiger partial charge in [0.1, 0.15) is 5.92 Å². The molecule has 1 atom stereocenters. The lowest BCUT2D eigenvalue weighted by Gasteiger charge is -2.25. The molecule has 4 heteroatoms. The van der Waals surface area contributed by atoms with E-state index in [9.17, 15) is 4.79 Å². The van der Waals surface area contributed by atoms with Crippen molar-refractivity contribution in [1.29, 1.82) is 5.26 Å². The SMILES string of the molecule is COCC(C)(C)NC(=O)C(C)C#N. The fourth-order valence-corrected chi connectivity index (χ4v) is 0.897. The number of rotatable bonds is 4. The Balaban J connectivity index is 4.13. The second-order valence-electron chi connectivity index (χ2n) is 3.66. The third kappa shape index (κ3) is 4.48. The van der Waals surface area contributed by atoms with E-state index in [1.807, 2.05) is 19.9 Å². The minimum absolute atomic E-state index is 0.260. The normalized spacial score (nSPS) is 13.2. The molecule has 0 fully saturated rings. The highest BCUT2D eigenvalue weighted by Gasteiger charge is 2.22. The third-order valence-electron chi connectivity index (χ3n) is 1.55. The van der Waals surface area contributed by atoms with Crippen LogP contribution in [0.2, 0.25) is 0 Å². The zero-order chi connectivity index (χ0) is 10.5. The fourth-order valence-electron chi connectivity index (χ4n) is 0.897. The molecule has 0 radical (unpaired) electrons. The molecule has 0 aromatic rings. The lowest BCUT2D eigenvalue weighted by Crippen LogP contribution is -2.48. The summed E-state index contributed by atoms with van der Waals surface area (Å²) in [6.07, 6.45) is 0. The van der Waals surface area contributed by atoms with Crippen LogP contribution in [0.4, 0.5) is 0 Å². The first-order chi connectivity index (χ1) is 5.93. The molecule has 0 saturated heterocycles. The van der Waals surface area contributed by atoms with E-state index in [0.29, 0.717) is 6.61 Å². The van der Waals surface area contributed by atoms with Gasteiger partial charge in [-0.2, -0.15) is 5.26 Å². The Morgan fingerprint density at radius 2 is 2.23 bits per heavy atom. The van der Waals surface area contributed by atoms with Gasteiger partial charge in [0.2, 0.25) is 5.91 Å². The molecule has 0 bridgehead atoms. The van der Waals surface area contributed by atoms with Crippen LogP contribution >= 0.6 is 0 Å². The lowest BCUT2D eigenvalue weighted by molar-refractivity contribution is -0.125. The Morgan fingerprint density at radius 1 is 1.69 bits per heavy atom. The molecule has 0 saturated carbocycles. The molecule has 0 aromatic carbocycles. The smallest absolute Gasteiger partial charge is 0.237 e. The van der Waals surface area contributed by atoms with Gasteiger partial charge in [-0.15, -0.1) is 0 Å². The summed E-state index contributed by atoms with van der Waals surface area (Å²) in [5.74, 6) is -0.874. The zero-order valence-corrected chi connectivity index (χ0v) is 8.55. The van der Waals surface area contributed by atoms with Crippen molar-refractivity contribution >= 4 is 5.91 Å². The number of methoxy groups -OCH3 is 1. The molecular weight excluding hydrogens is 168 g/mol. The predicted octanol–water partition coefficient (Wildman–Crippen LogP) is 0.687. The fraction of sp³-hybridized carbons (Fsp3) is 0.778. The first kappa shape index (κ1) is 11.9. The summed E-state index contributed by atoms with van der Waals surface area (Å²) in [5, 5.41) is 11.2. The van der Waals surface area contributed by atoms with Crippen molar-refractivity contribution < 1.29 is 9.53 Å². The van der Waals surface area contributed by atoms with Crippen molar-refractivity contribution in [2.75, 3.05) is 13.7 Å². The Bertz CT molecular complexity index is 218. The molecule has 0 aliphatic heterocycles. The molecule has 0 aliphatic rings. The van der Waals surface area contributed by atoms with Gasteiger partial charge < -0.3 is 10.1 Å². The highest BCUT2D eigenvalue weighted by atomic mass is 16.5. The van der Waals surface area contributed by atoms with Gasteiger partial charge in [-0.05, 0) is 20.8 Å². The van der Waals surface area contributed by atoms with Gasteiger partial charge in [0.05, 0.1) is 18.2 Å². The van der Waals surface area contributed by atoms with E-state index in [2.05, 4.69) is 5.32 Å². The molecule has 4 nitrogen and oxygen atoms in total. The Kier molecular flexibility index (Phi) is 4.43. The first-order valence-electron chi connectivity index (χ1n) is 4.13. The topological polar surface area (TPSA) is 62.1 Å². The highest BCUT2D eigenvalue weighted by molar-refractivity contribution is 5.81. The average molecular weight is 184 g/mol. The molecule has 1 amide bonds. The van der Waals surface area contributed by atoms with Crippen molar-refractivity contribution in [2.45, 2.75) is 26.3 Å². The van der Waals surface area contributed by atoms with Crippen molar-refractivity contribution in [3.63, 3.8) is 0 Å². The molecule has 13 heavy (non-hydrogen) atoms. The molecule has 0 spiro atoms. The van der Waals surface area contributed by atoms with Gasteiger partial charge in [-0.1, -0.05) is 0 Å². The number of nitrogens with one attached hydrogen (secondary N) is 1. The summed E-state index contributed by atoms with van der Waals surface area (Å²) >= 11 is 0. The maximum Gasteiger partial charge on any atom is 0.237 e. The Morgan fingerprint density at radius 3 is 2.62 bits per heavy atom. The molecule has 0 rings (SSSR count). The molecular formula is C9H16N2O2. The van der Waals surface area contributed by atoms with Crippen molar-refractivity contribution in [1.82, 2.24) is 5.32 Å². The molecule has 0 heterocycles. The number of carbonyl (C=O) groups excluding carboxylic acids is 1. The van der Waals surface area contributed by atoms with Crippen LogP contribution in [0.5, 0.6) is 0 Å². The summed E-state index contributed by atoms with van der Waals surface area (Å²) in [6.45, 7) is 5.69. The molecule has 0 aliphatic carbocycles. The van der Waals surface area contributed by atoms with E-state index in [4.69, 9.17) is 10.00 Å². The molecule has 74 valence electrons. The number of carbonyl (C=O) groups is 1. The Hall–Kier alpha value is -1.08. The van der Waals surface area contributed by atoms with Crippen LogP contribution in [0, 0.1) is 17.2 Å². The van der Waals surface area contributed by atoms with Gasteiger partial charge in [0, 0.05) is 7.11 Å². The molecule has 1 unspecified atom stereocenters. The average Bonchev–Trinajstić information content (AvgIpc) is 2.01. The number of nitriles is 1. The summed E-state index contributed by atoms with van der Waals surface area (Å²) in [6, 6.07) is 1.88. The van der Waals surface area contributed by atoms with Gasteiger partial charge in [0.25, 0.3) is 0 Å². The summed E-state index contributed by atoms with van der Waals surface area (Å²) < 4.78 is 4.92. The standard InChI is InChI=1S/C9H16N2O2/c1-7(5-10)8(12)11-9(2,3)6-13-4/h7H,6H2,1-4H3,(H,11,12). The van der Waals surface area contributed by atoms with E-state index in [0.717, 1.165) is 0 Å². The van der Waals surface area contributed by atoms with Crippen LogP contribution in [0.1, 0.15) is 20.8 Å².